The highest BCUT2D eigenvalue weighted by atomic mass is 16.5. The summed E-state index contributed by atoms with van der Waals surface area (Å²) in [5.41, 5.74) is -0.311. The van der Waals surface area contributed by atoms with E-state index < -0.39 is 5.54 Å². The fourth-order valence-electron chi connectivity index (χ4n) is 2.74. The third-order valence-corrected chi connectivity index (χ3v) is 3.98. The van der Waals surface area contributed by atoms with Crippen molar-refractivity contribution < 1.29 is 19.1 Å². The van der Waals surface area contributed by atoms with Gasteiger partial charge in [-0.05, 0) is 31.0 Å². The van der Waals surface area contributed by atoms with Crippen LogP contribution in [0.5, 0.6) is 11.5 Å². The van der Waals surface area contributed by atoms with Gasteiger partial charge in [-0.25, -0.2) is 0 Å². The predicted octanol–water partition coefficient (Wildman–Crippen LogP) is 2.23. The number of hydrogen-bond donors (Lipinski definition) is 1. The predicted molar refractivity (Wildman–Crippen MR) is 83.4 cm³/mol. The molecule has 1 aromatic carbocycles. The molecule has 0 bridgehead atoms. The molecule has 2 rings (SSSR count). The average molecular weight is 316 g/mol. The standard InChI is InChI=1S/C17H20N2O4/c1-22-15-9-13(10-20)5-6-14(15)23-11-16(21)19-17(12-18)7-3-2-4-8-17/h5-6,9-10H,2-4,7-8,11H2,1H3,(H,19,21). The van der Waals surface area contributed by atoms with Gasteiger partial charge in [-0.2, -0.15) is 5.26 Å². The molecule has 0 spiro atoms. The molecule has 6 nitrogen and oxygen atoms in total. The minimum absolute atomic E-state index is 0.208. The third-order valence-electron chi connectivity index (χ3n) is 3.98. The lowest BCUT2D eigenvalue weighted by atomic mass is 9.83. The van der Waals surface area contributed by atoms with Gasteiger partial charge in [0.1, 0.15) is 11.8 Å². The van der Waals surface area contributed by atoms with Crippen molar-refractivity contribution in [2.45, 2.75) is 37.6 Å². The lowest BCUT2D eigenvalue weighted by molar-refractivity contribution is -0.124. The van der Waals surface area contributed by atoms with Crippen LogP contribution in [0.3, 0.4) is 0 Å². The number of nitriles is 1. The number of amides is 1. The van der Waals surface area contributed by atoms with Gasteiger partial charge in [-0.15, -0.1) is 0 Å². The number of hydrogen-bond acceptors (Lipinski definition) is 5. The Balaban J connectivity index is 1.96. The van der Waals surface area contributed by atoms with E-state index in [1.807, 2.05) is 0 Å². The van der Waals surface area contributed by atoms with Crippen molar-refractivity contribution in [1.29, 1.82) is 5.26 Å². The Hall–Kier alpha value is -2.55. The minimum Gasteiger partial charge on any atom is -0.493 e. The minimum atomic E-state index is -0.774. The summed E-state index contributed by atoms with van der Waals surface area (Å²) in [6.07, 6.45) is 5.03. The summed E-state index contributed by atoms with van der Waals surface area (Å²) >= 11 is 0. The van der Waals surface area contributed by atoms with Crippen LogP contribution in [0, 0.1) is 11.3 Å². The van der Waals surface area contributed by atoms with Crippen LogP contribution < -0.4 is 14.8 Å². The third kappa shape index (κ3) is 4.22. The van der Waals surface area contributed by atoms with Crippen LogP contribution >= 0.6 is 0 Å². The number of benzene rings is 1. The van der Waals surface area contributed by atoms with Crippen LogP contribution in [0.4, 0.5) is 0 Å². The maximum absolute atomic E-state index is 12.1. The van der Waals surface area contributed by atoms with Crippen LogP contribution in [0.1, 0.15) is 42.5 Å². The van der Waals surface area contributed by atoms with Crippen molar-refractivity contribution in [3.05, 3.63) is 23.8 Å². The van der Waals surface area contributed by atoms with Gasteiger partial charge in [0.05, 0.1) is 13.2 Å². The van der Waals surface area contributed by atoms with Crippen LogP contribution in [0.15, 0.2) is 18.2 Å². The van der Waals surface area contributed by atoms with E-state index in [1.54, 1.807) is 12.1 Å². The van der Waals surface area contributed by atoms with E-state index in [-0.39, 0.29) is 12.5 Å². The Kier molecular flexibility index (Phi) is 5.58. The highest BCUT2D eigenvalue weighted by molar-refractivity contribution is 5.79. The fraction of sp³-hybridized carbons (Fsp3) is 0.471. The van der Waals surface area contributed by atoms with Gasteiger partial charge in [0.2, 0.25) is 0 Å². The van der Waals surface area contributed by atoms with Crippen LogP contribution in [-0.4, -0.2) is 31.4 Å². The normalized spacial score (nSPS) is 16.0. The van der Waals surface area contributed by atoms with Crippen LogP contribution in [0.2, 0.25) is 0 Å². The first-order chi connectivity index (χ1) is 11.1. The molecule has 1 aliphatic rings. The summed E-state index contributed by atoms with van der Waals surface area (Å²) in [4.78, 5) is 22.8. The SMILES string of the molecule is COc1cc(C=O)ccc1OCC(=O)NC1(C#N)CCCCC1. The summed E-state index contributed by atoms with van der Waals surface area (Å²) < 4.78 is 10.6. The maximum Gasteiger partial charge on any atom is 0.259 e. The number of rotatable bonds is 6. The van der Waals surface area contributed by atoms with Crippen LogP contribution in [-0.2, 0) is 4.79 Å². The lowest BCUT2D eigenvalue weighted by Crippen LogP contribution is -2.50. The second-order valence-electron chi connectivity index (χ2n) is 5.62. The molecule has 0 unspecified atom stereocenters. The number of methoxy groups -OCH3 is 1. The Morgan fingerprint density at radius 1 is 1.35 bits per heavy atom. The molecule has 0 saturated heterocycles. The maximum atomic E-state index is 12.1. The highest BCUT2D eigenvalue weighted by Crippen LogP contribution is 2.29. The van der Waals surface area contributed by atoms with E-state index in [1.165, 1.54) is 13.2 Å². The molecule has 1 N–H and O–H groups in total. The number of nitrogens with one attached hydrogen (secondary N) is 1. The lowest BCUT2D eigenvalue weighted by Gasteiger charge is -2.31. The molecule has 1 aliphatic carbocycles. The van der Waals surface area contributed by atoms with E-state index in [9.17, 15) is 14.9 Å². The fourth-order valence-corrected chi connectivity index (χ4v) is 2.74. The van der Waals surface area contributed by atoms with E-state index >= 15 is 0 Å². The molecule has 122 valence electrons. The van der Waals surface area contributed by atoms with Crippen molar-refractivity contribution in [3.63, 3.8) is 0 Å². The smallest absolute Gasteiger partial charge is 0.259 e. The molecule has 6 heteroatoms. The second kappa shape index (κ2) is 7.63. The molecule has 0 aliphatic heterocycles. The Morgan fingerprint density at radius 2 is 2.09 bits per heavy atom. The van der Waals surface area contributed by atoms with E-state index in [4.69, 9.17) is 9.47 Å². The molecule has 0 atom stereocenters. The van der Waals surface area contributed by atoms with Crippen LogP contribution in [0.25, 0.3) is 0 Å². The van der Waals surface area contributed by atoms with Crippen molar-refractivity contribution >= 4 is 12.2 Å². The zero-order chi connectivity index (χ0) is 16.7. The molecule has 0 aromatic heterocycles. The van der Waals surface area contributed by atoms with E-state index in [2.05, 4.69) is 11.4 Å². The molecular weight excluding hydrogens is 296 g/mol. The van der Waals surface area contributed by atoms with Crippen molar-refractivity contribution in [2.24, 2.45) is 0 Å². The highest BCUT2D eigenvalue weighted by Gasteiger charge is 2.33. The molecule has 1 fully saturated rings. The number of aldehydes is 1. The Labute approximate surface area is 135 Å². The summed E-state index contributed by atoms with van der Waals surface area (Å²) in [5, 5.41) is 12.1. The van der Waals surface area contributed by atoms with E-state index in [0.29, 0.717) is 36.2 Å². The van der Waals surface area contributed by atoms with Crippen molar-refractivity contribution in [3.8, 4) is 17.6 Å². The van der Waals surface area contributed by atoms with Gasteiger partial charge < -0.3 is 14.8 Å². The van der Waals surface area contributed by atoms with E-state index in [0.717, 1.165) is 19.3 Å². The molecule has 0 heterocycles. The first-order valence-corrected chi connectivity index (χ1v) is 7.61. The number of nitrogens with zero attached hydrogens (tertiary/aromatic N) is 1. The molecule has 0 radical (unpaired) electrons. The van der Waals surface area contributed by atoms with Gasteiger partial charge in [0.15, 0.2) is 18.1 Å². The summed E-state index contributed by atoms with van der Waals surface area (Å²) in [5.74, 6) is 0.424. The number of carbonyl (C=O) groups is 2. The number of ether oxygens (including phenoxy) is 2. The first kappa shape index (κ1) is 16.8. The van der Waals surface area contributed by atoms with Crippen molar-refractivity contribution in [2.75, 3.05) is 13.7 Å². The Morgan fingerprint density at radius 3 is 2.70 bits per heavy atom. The molecule has 1 saturated carbocycles. The summed E-state index contributed by atoms with van der Waals surface area (Å²) in [6, 6.07) is 6.94. The molecule has 1 aromatic rings. The quantitative estimate of drug-likeness (QED) is 0.813. The van der Waals surface area contributed by atoms with Gasteiger partial charge in [0.25, 0.3) is 5.91 Å². The average Bonchev–Trinajstić information content (AvgIpc) is 2.60. The first-order valence-electron chi connectivity index (χ1n) is 7.61. The van der Waals surface area contributed by atoms with Crippen molar-refractivity contribution in [1.82, 2.24) is 5.32 Å². The monoisotopic (exact) mass is 316 g/mol. The second-order valence-corrected chi connectivity index (χ2v) is 5.62. The Bertz CT molecular complexity index is 616. The summed E-state index contributed by atoms with van der Waals surface area (Å²) in [7, 11) is 1.46. The van der Waals surface area contributed by atoms with Gasteiger partial charge in [0, 0.05) is 5.56 Å². The zero-order valence-electron chi connectivity index (χ0n) is 13.1. The van der Waals surface area contributed by atoms with Gasteiger partial charge in [-0.3, -0.25) is 9.59 Å². The summed E-state index contributed by atoms with van der Waals surface area (Å²) in [6.45, 7) is -0.208. The number of carbonyl (C=O) groups excluding carboxylic acids is 2. The topological polar surface area (TPSA) is 88.4 Å². The molecule has 23 heavy (non-hydrogen) atoms. The molecular formula is C17H20N2O4. The largest absolute Gasteiger partial charge is 0.493 e. The van der Waals surface area contributed by atoms with Gasteiger partial charge in [-0.1, -0.05) is 19.3 Å². The van der Waals surface area contributed by atoms with Gasteiger partial charge >= 0.3 is 0 Å². The molecule has 1 amide bonds. The zero-order valence-corrected chi connectivity index (χ0v) is 13.1.